The highest BCUT2D eigenvalue weighted by atomic mass is 15.1. The van der Waals surface area contributed by atoms with Gasteiger partial charge in [-0.25, -0.2) is 4.98 Å². The third-order valence-electron chi connectivity index (χ3n) is 3.98. The predicted octanol–water partition coefficient (Wildman–Crippen LogP) is 3.30. The molecule has 1 atom stereocenters. The summed E-state index contributed by atoms with van der Waals surface area (Å²) >= 11 is 0. The van der Waals surface area contributed by atoms with Gasteiger partial charge < -0.3 is 9.88 Å². The Morgan fingerprint density at radius 3 is 2.47 bits per heavy atom. The number of pyridine rings is 1. The van der Waals surface area contributed by atoms with E-state index < -0.39 is 0 Å². The number of piperidine rings is 1. The van der Waals surface area contributed by atoms with E-state index in [0.717, 1.165) is 12.4 Å². The Kier molecular flexibility index (Phi) is 3.38. The summed E-state index contributed by atoms with van der Waals surface area (Å²) in [5.41, 5.74) is 3.77. The van der Waals surface area contributed by atoms with Gasteiger partial charge in [-0.1, -0.05) is 12.5 Å². The molecule has 2 aromatic heterocycles. The molecule has 3 heterocycles. The summed E-state index contributed by atoms with van der Waals surface area (Å²) < 4.78 is 2.19. The number of nitrogens with zero attached hydrogens (tertiary/aromatic N) is 2. The normalized spacial score (nSPS) is 19.6. The average molecular weight is 255 g/mol. The summed E-state index contributed by atoms with van der Waals surface area (Å²) in [4.78, 5) is 4.64. The van der Waals surface area contributed by atoms with Crippen molar-refractivity contribution in [3.63, 3.8) is 0 Å². The molecule has 1 aliphatic heterocycles. The van der Waals surface area contributed by atoms with E-state index in [2.05, 4.69) is 53.0 Å². The molecule has 3 heteroatoms. The first-order chi connectivity index (χ1) is 9.25. The van der Waals surface area contributed by atoms with Gasteiger partial charge in [-0.3, -0.25) is 0 Å². The first-order valence-corrected chi connectivity index (χ1v) is 7.10. The first kappa shape index (κ1) is 12.4. The van der Waals surface area contributed by atoms with E-state index in [4.69, 9.17) is 0 Å². The standard InChI is InChI=1S/C16H21N3/c1-12-6-7-13(2)19(12)16-9-8-14(11-18-16)15-5-3-4-10-17-15/h6-9,11,15,17H,3-5,10H2,1-2H3/t15-/m1/s1. The molecular formula is C16H21N3. The van der Waals surface area contributed by atoms with E-state index in [0.29, 0.717) is 6.04 Å². The fourth-order valence-corrected chi connectivity index (χ4v) is 2.90. The predicted molar refractivity (Wildman–Crippen MR) is 77.6 cm³/mol. The lowest BCUT2D eigenvalue weighted by molar-refractivity contribution is 0.411. The van der Waals surface area contributed by atoms with Crippen LogP contribution in [0.25, 0.3) is 5.82 Å². The van der Waals surface area contributed by atoms with Crippen LogP contribution in [0.15, 0.2) is 30.5 Å². The van der Waals surface area contributed by atoms with Crippen LogP contribution in [0.3, 0.4) is 0 Å². The maximum absolute atomic E-state index is 4.64. The molecule has 0 spiro atoms. The van der Waals surface area contributed by atoms with Gasteiger partial charge in [0.25, 0.3) is 0 Å². The van der Waals surface area contributed by atoms with E-state index >= 15 is 0 Å². The van der Waals surface area contributed by atoms with Crippen molar-refractivity contribution in [1.29, 1.82) is 0 Å². The van der Waals surface area contributed by atoms with Crippen LogP contribution >= 0.6 is 0 Å². The third-order valence-corrected chi connectivity index (χ3v) is 3.98. The quantitative estimate of drug-likeness (QED) is 0.892. The maximum Gasteiger partial charge on any atom is 0.136 e. The molecule has 0 aliphatic carbocycles. The van der Waals surface area contributed by atoms with Crippen molar-refractivity contribution >= 4 is 0 Å². The first-order valence-electron chi connectivity index (χ1n) is 7.10. The monoisotopic (exact) mass is 255 g/mol. The van der Waals surface area contributed by atoms with Crippen LogP contribution in [-0.2, 0) is 0 Å². The lowest BCUT2D eigenvalue weighted by Gasteiger charge is -2.23. The van der Waals surface area contributed by atoms with Crippen molar-refractivity contribution in [2.45, 2.75) is 39.2 Å². The van der Waals surface area contributed by atoms with E-state index in [-0.39, 0.29) is 0 Å². The van der Waals surface area contributed by atoms with Crippen molar-refractivity contribution in [2.24, 2.45) is 0 Å². The minimum absolute atomic E-state index is 0.488. The van der Waals surface area contributed by atoms with E-state index in [1.54, 1.807) is 0 Å². The lowest BCUT2D eigenvalue weighted by Crippen LogP contribution is -2.26. The van der Waals surface area contributed by atoms with Crippen molar-refractivity contribution in [3.8, 4) is 5.82 Å². The topological polar surface area (TPSA) is 29.9 Å². The molecule has 1 aliphatic rings. The van der Waals surface area contributed by atoms with Crippen LogP contribution in [0.1, 0.15) is 42.3 Å². The van der Waals surface area contributed by atoms with Crippen LogP contribution in [0.5, 0.6) is 0 Å². The Hall–Kier alpha value is -1.61. The summed E-state index contributed by atoms with van der Waals surface area (Å²) in [6, 6.07) is 9.10. The molecule has 1 fully saturated rings. The zero-order chi connectivity index (χ0) is 13.2. The second kappa shape index (κ2) is 5.17. The van der Waals surface area contributed by atoms with Gasteiger partial charge in [0.05, 0.1) is 0 Å². The van der Waals surface area contributed by atoms with Gasteiger partial charge in [0.1, 0.15) is 5.82 Å². The van der Waals surface area contributed by atoms with Gasteiger partial charge in [0, 0.05) is 23.6 Å². The largest absolute Gasteiger partial charge is 0.310 e. The highest BCUT2D eigenvalue weighted by molar-refractivity contribution is 5.33. The lowest BCUT2D eigenvalue weighted by atomic mass is 9.99. The van der Waals surface area contributed by atoms with Crippen molar-refractivity contribution in [1.82, 2.24) is 14.9 Å². The molecule has 3 nitrogen and oxygen atoms in total. The van der Waals surface area contributed by atoms with Crippen LogP contribution in [0, 0.1) is 13.8 Å². The van der Waals surface area contributed by atoms with Gasteiger partial charge in [-0.05, 0) is 57.0 Å². The van der Waals surface area contributed by atoms with Crippen LogP contribution < -0.4 is 5.32 Å². The molecule has 0 amide bonds. The summed E-state index contributed by atoms with van der Waals surface area (Å²) in [5, 5.41) is 3.57. The Morgan fingerprint density at radius 2 is 1.89 bits per heavy atom. The van der Waals surface area contributed by atoms with Crippen molar-refractivity contribution < 1.29 is 0 Å². The summed E-state index contributed by atoms with van der Waals surface area (Å²) in [7, 11) is 0. The van der Waals surface area contributed by atoms with Gasteiger partial charge >= 0.3 is 0 Å². The number of rotatable bonds is 2. The minimum Gasteiger partial charge on any atom is -0.310 e. The van der Waals surface area contributed by atoms with E-state index in [1.165, 1.54) is 36.2 Å². The van der Waals surface area contributed by atoms with E-state index in [1.807, 2.05) is 6.20 Å². The van der Waals surface area contributed by atoms with Gasteiger partial charge in [0.2, 0.25) is 0 Å². The minimum atomic E-state index is 0.488. The van der Waals surface area contributed by atoms with Crippen molar-refractivity contribution in [2.75, 3.05) is 6.54 Å². The number of aryl methyl sites for hydroxylation is 2. The van der Waals surface area contributed by atoms with Gasteiger partial charge in [0.15, 0.2) is 0 Å². The summed E-state index contributed by atoms with van der Waals surface area (Å²) in [6.45, 7) is 5.36. The van der Waals surface area contributed by atoms with Gasteiger partial charge in [-0.15, -0.1) is 0 Å². The number of aromatic nitrogens is 2. The Balaban J connectivity index is 1.86. The molecule has 100 valence electrons. The average Bonchev–Trinajstić information content (AvgIpc) is 2.79. The molecular weight excluding hydrogens is 234 g/mol. The second-order valence-corrected chi connectivity index (χ2v) is 5.40. The van der Waals surface area contributed by atoms with Crippen molar-refractivity contribution in [3.05, 3.63) is 47.4 Å². The number of nitrogens with one attached hydrogen (secondary N) is 1. The molecule has 1 saturated heterocycles. The number of hydrogen-bond donors (Lipinski definition) is 1. The maximum atomic E-state index is 4.64. The molecule has 0 aromatic carbocycles. The molecule has 2 aromatic rings. The molecule has 1 N–H and O–H groups in total. The van der Waals surface area contributed by atoms with Crippen LogP contribution in [0.2, 0.25) is 0 Å². The third kappa shape index (κ3) is 2.43. The highest BCUT2D eigenvalue weighted by Crippen LogP contribution is 2.23. The molecule has 0 saturated carbocycles. The van der Waals surface area contributed by atoms with Crippen LogP contribution in [-0.4, -0.2) is 16.1 Å². The molecule has 19 heavy (non-hydrogen) atoms. The van der Waals surface area contributed by atoms with Gasteiger partial charge in [-0.2, -0.15) is 0 Å². The Morgan fingerprint density at radius 1 is 1.11 bits per heavy atom. The zero-order valence-corrected chi connectivity index (χ0v) is 11.7. The fourth-order valence-electron chi connectivity index (χ4n) is 2.90. The number of hydrogen-bond acceptors (Lipinski definition) is 2. The fraction of sp³-hybridized carbons (Fsp3) is 0.438. The highest BCUT2D eigenvalue weighted by Gasteiger charge is 2.15. The molecule has 0 bridgehead atoms. The smallest absolute Gasteiger partial charge is 0.136 e. The molecule has 0 radical (unpaired) electrons. The molecule has 3 rings (SSSR count). The summed E-state index contributed by atoms with van der Waals surface area (Å²) in [6.07, 6.45) is 5.86. The van der Waals surface area contributed by atoms with E-state index in [9.17, 15) is 0 Å². The Labute approximate surface area is 114 Å². The second-order valence-electron chi connectivity index (χ2n) is 5.40. The van der Waals surface area contributed by atoms with Crippen LogP contribution in [0.4, 0.5) is 0 Å². The Bertz CT molecular complexity index is 528. The zero-order valence-electron chi connectivity index (χ0n) is 11.7. The molecule has 0 unspecified atom stereocenters. The SMILES string of the molecule is Cc1ccc(C)n1-c1ccc([C@H]2CCCCN2)cn1. The summed E-state index contributed by atoms with van der Waals surface area (Å²) in [5.74, 6) is 1.01.